The molecular formula is C22H17N3O3. The van der Waals surface area contributed by atoms with Crippen LogP contribution in [-0.2, 0) is 4.79 Å². The lowest BCUT2D eigenvalue weighted by atomic mass is 10.0. The highest BCUT2D eigenvalue weighted by Gasteiger charge is 2.36. The Balaban J connectivity index is 1.55. The highest BCUT2D eigenvalue weighted by Crippen LogP contribution is 2.23. The first-order valence-electron chi connectivity index (χ1n) is 8.85. The quantitative estimate of drug-likeness (QED) is 0.699. The summed E-state index contributed by atoms with van der Waals surface area (Å²) in [6.45, 7) is -0.345. The third-order valence-electron chi connectivity index (χ3n) is 4.60. The molecule has 28 heavy (non-hydrogen) atoms. The van der Waals surface area contributed by atoms with Crippen molar-refractivity contribution in [2.75, 3.05) is 6.54 Å². The molecule has 0 saturated heterocycles. The zero-order valence-corrected chi connectivity index (χ0v) is 14.9. The van der Waals surface area contributed by atoms with E-state index in [-0.39, 0.29) is 6.54 Å². The van der Waals surface area contributed by atoms with Gasteiger partial charge in [-0.15, -0.1) is 0 Å². The van der Waals surface area contributed by atoms with E-state index in [0.29, 0.717) is 16.8 Å². The van der Waals surface area contributed by atoms with Gasteiger partial charge in [0.15, 0.2) is 0 Å². The van der Waals surface area contributed by atoms with Crippen molar-refractivity contribution in [1.29, 1.82) is 0 Å². The van der Waals surface area contributed by atoms with Gasteiger partial charge in [0.1, 0.15) is 6.54 Å². The van der Waals surface area contributed by atoms with Crippen molar-refractivity contribution in [3.8, 4) is 0 Å². The van der Waals surface area contributed by atoms with E-state index in [1.165, 1.54) is 0 Å². The Hall–Kier alpha value is -3.80. The maximum atomic E-state index is 12.7. The molecular weight excluding hydrogens is 354 g/mol. The van der Waals surface area contributed by atoms with E-state index in [1.54, 1.807) is 36.5 Å². The molecule has 2 heterocycles. The van der Waals surface area contributed by atoms with Crippen LogP contribution in [0.4, 0.5) is 0 Å². The van der Waals surface area contributed by atoms with Crippen LogP contribution >= 0.6 is 0 Å². The number of pyridine rings is 1. The molecule has 1 aliphatic heterocycles. The van der Waals surface area contributed by atoms with Crippen molar-refractivity contribution in [3.05, 3.63) is 101 Å². The molecule has 138 valence electrons. The molecule has 3 aromatic rings. The first-order chi connectivity index (χ1) is 13.6. The molecule has 6 heteroatoms. The summed E-state index contributed by atoms with van der Waals surface area (Å²) in [7, 11) is 0. The average Bonchev–Trinajstić information content (AvgIpc) is 2.98. The Kier molecular flexibility index (Phi) is 4.68. The van der Waals surface area contributed by atoms with Crippen LogP contribution < -0.4 is 5.32 Å². The number of hydrogen-bond donors (Lipinski definition) is 1. The van der Waals surface area contributed by atoms with Gasteiger partial charge in [-0.3, -0.25) is 24.3 Å². The van der Waals surface area contributed by atoms with Crippen LogP contribution in [0.1, 0.15) is 38.0 Å². The maximum Gasteiger partial charge on any atom is 0.262 e. The van der Waals surface area contributed by atoms with Gasteiger partial charge in [-0.1, -0.05) is 48.5 Å². The van der Waals surface area contributed by atoms with E-state index in [1.807, 2.05) is 42.5 Å². The second-order valence-corrected chi connectivity index (χ2v) is 6.41. The Morgan fingerprint density at radius 1 is 0.857 bits per heavy atom. The van der Waals surface area contributed by atoms with E-state index in [2.05, 4.69) is 10.3 Å². The standard InChI is InChI=1S/C22H17N3O3/c26-19(14-25-21(27)16-10-4-5-11-17(16)22(25)28)24-20(15-8-2-1-3-9-15)18-12-6-7-13-23-18/h1-13,20H,14H2,(H,24,26). The monoisotopic (exact) mass is 371 g/mol. The van der Waals surface area contributed by atoms with Gasteiger partial charge >= 0.3 is 0 Å². The fourth-order valence-electron chi connectivity index (χ4n) is 3.25. The van der Waals surface area contributed by atoms with E-state index in [9.17, 15) is 14.4 Å². The summed E-state index contributed by atoms with van der Waals surface area (Å²) in [5, 5.41) is 2.90. The van der Waals surface area contributed by atoms with Gasteiger partial charge in [0.25, 0.3) is 11.8 Å². The first-order valence-corrected chi connectivity index (χ1v) is 8.85. The summed E-state index contributed by atoms with van der Waals surface area (Å²) >= 11 is 0. The van der Waals surface area contributed by atoms with Gasteiger partial charge in [0.05, 0.1) is 22.9 Å². The van der Waals surface area contributed by atoms with Crippen LogP contribution in [0.25, 0.3) is 0 Å². The Morgan fingerprint density at radius 3 is 2.07 bits per heavy atom. The number of fused-ring (bicyclic) bond motifs is 1. The van der Waals surface area contributed by atoms with Crippen molar-refractivity contribution in [2.45, 2.75) is 6.04 Å². The smallest absolute Gasteiger partial charge is 0.262 e. The fraction of sp³-hybridized carbons (Fsp3) is 0.0909. The maximum absolute atomic E-state index is 12.7. The molecule has 0 saturated carbocycles. The van der Waals surface area contributed by atoms with Crippen LogP contribution in [0.3, 0.4) is 0 Å². The third-order valence-corrected chi connectivity index (χ3v) is 4.60. The molecule has 1 N–H and O–H groups in total. The number of nitrogens with one attached hydrogen (secondary N) is 1. The highest BCUT2D eigenvalue weighted by atomic mass is 16.2. The normalized spacial score (nSPS) is 13.9. The molecule has 0 fully saturated rings. The van der Waals surface area contributed by atoms with Gasteiger partial charge in [0, 0.05) is 6.20 Å². The zero-order valence-electron chi connectivity index (χ0n) is 14.9. The Labute approximate surface area is 161 Å². The van der Waals surface area contributed by atoms with E-state index < -0.39 is 23.8 Å². The van der Waals surface area contributed by atoms with Gasteiger partial charge in [-0.05, 0) is 29.8 Å². The molecule has 6 nitrogen and oxygen atoms in total. The van der Waals surface area contributed by atoms with Crippen LogP contribution in [0.2, 0.25) is 0 Å². The Bertz CT molecular complexity index is 961. The molecule has 4 rings (SSSR count). The molecule has 1 aromatic heterocycles. The van der Waals surface area contributed by atoms with Crippen LogP contribution in [0, 0.1) is 0 Å². The van der Waals surface area contributed by atoms with E-state index in [0.717, 1.165) is 10.5 Å². The van der Waals surface area contributed by atoms with Crippen molar-refractivity contribution in [3.63, 3.8) is 0 Å². The number of hydrogen-bond acceptors (Lipinski definition) is 4. The number of carbonyl (C=O) groups is 3. The number of aromatic nitrogens is 1. The average molecular weight is 371 g/mol. The second kappa shape index (κ2) is 7.44. The summed E-state index contributed by atoms with van der Waals surface area (Å²) in [6, 6.07) is 21.0. The van der Waals surface area contributed by atoms with E-state index >= 15 is 0 Å². The minimum atomic E-state index is -0.481. The lowest BCUT2D eigenvalue weighted by Crippen LogP contribution is -2.41. The molecule has 3 amide bonds. The fourth-order valence-corrected chi connectivity index (χ4v) is 3.25. The molecule has 0 spiro atoms. The molecule has 0 bridgehead atoms. The van der Waals surface area contributed by atoms with Crippen LogP contribution in [0.5, 0.6) is 0 Å². The molecule has 1 atom stereocenters. The first kappa shape index (κ1) is 17.6. The number of nitrogens with zero attached hydrogens (tertiary/aromatic N) is 2. The predicted molar refractivity (Wildman–Crippen MR) is 102 cm³/mol. The SMILES string of the molecule is O=C(CN1C(=O)c2ccccc2C1=O)NC(c1ccccc1)c1ccccn1. The van der Waals surface area contributed by atoms with Gasteiger partial charge in [-0.25, -0.2) is 0 Å². The molecule has 0 radical (unpaired) electrons. The largest absolute Gasteiger partial charge is 0.342 e. The minimum absolute atomic E-state index is 0.324. The summed E-state index contributed by atoms with van der Waals surface area (Å²) in [5.74, 6) is -1.34. The third kappa shape index (κ3) is 3.27. The summed E-state index contributed by atoms with van der Waals surface area (Å²) in [5.41, 5.74) is 2.18. The molecule has 0 aliphatic carbocycles. The zero-order chi connectivity index (χ0) is 19.5. The van der Waals surface area contributed by atoms with Gasteiger partial charge in [0.2, 0.25) is 5.91 Å². The number of imide groups is 1. The number of carbonyl (C=O) groups excluding carboxylic acids is 3. The highest BCUT2D eigenvalue weighted by molar-refractivity contribution is 6.22. The lowest BCUT2D eigenvalue weighted by molar-refractivity contribution is -0.121. The summed E-state index contributed by atoms with van der Waals surface area (Å²) < 4.78 is 0. The van der Waals surface area contributed by atoms with Gasteiger partial charge in [-0.2, -0.15) is 0 Å². The lowest BCUT2D eigenvalue weighted by Gasteiger charge is -2.21. The van der Waals surface area contributed by atoms with Crippen LogP contribution in [-0.4, -0.2) is 34.2 Å². The Morgan fingerprint density at radius 2 is 1.46 bits per heavy atom. The molecule has 2 aromatic carbocycles. The molecule has 1 aliphatic rings. The van der Waals surface area contributed by atoms with Crippen molar-refractivity contribution in [1.82, 2.24) is 15.2 Å². The predicted octanol–water partition coefficient (Wildman–Crippen LogP) is 2.58. The van der Waals surface area contributed by atoms with Crippen LogP contribution in [0.15, 0.2) is 79.0 Å². The van der Waals surface area contributed by atoms with Crippen molar-refractivity contribution >= 4 is 17.7 Å². The second-order valence-electron chi connectivity index (χ2n) is 6.41. The van der Waals surface area contributed by atoms with Gasteiger partial charge < -0.3 is 5.32 Å². The number of rotatable bonds is 5. The summed E-state index contributed by atoms with van der Waals surface area (Å²) in [4.78, 5) is 43.0. The number of benzene rings is 2. The number of amides is 3. The van der Waals surface area contributed by atoms with E-state index in [4.69, 9.17) is 0 Å². The summed E-state index contributed by atoms with van der Waals surface area (Å²) in [6.07, 6.45) is 1.65. The minimum Gasteiger partial charge on any atom is -0.342 e. The molecule has 1 unspecified atom stereocenters. The van der Waals surface area contributed by atoms with Crippen molar-refractivity contribution in [2.24, 2.45) is 0 Å². The topological polar surface area (TPSA) is 79.4 Å². The van der Waals surface area contributed by atoms with Crippen molar-refractivity contribution < 1.29 is 14.4 Å².